The molecule has 1 saturated heterocycles. The molecule has 1 atom stereocenters. The van der Waals surface area contributed by atoms with Crippen molar-refractivity contribution < 1.29 is 9.53 Å². The Balaban J connectivity index is 1.16. The molecule has 1 aliphatic rings. The van der Waals surface area contributed by atoms with Crippen LogP contribution in [-0.2, 0) is 13.0 Å². The Kier molecular flexibility index (Phi) is 8.04. The van der Waals surface area contributed by atoms with Crippen LogP contribution in [-0.4, -0.2) is 73.7 Å². The summed E-state index contributed by atoms with van der Waals surface area (Å²) >= 11 is 0. The van der Waals surface area contributed by atoms with E-state index in [1.165, 1.54) is 0 Å². The molecule has 5 aromatic rings. The Labute approximate surface area is 246 Å². The third-order valence-corrected chi connectivity index (χ3v) is 8.02. The maximum atomic E-state index is 13.6. The van der Waals surface area contributed by atoms with Crippen LogP contribution >= 0.6 is 0 Å². The van der Waals surface area contributed by atoms with E-state index in [4.69, 9.17) is 14.8 Å². The third-order valence-electron chi connectivity index (χ3n) is 8.02. The minimum absolute atomic E-state index is 0.00921. The number of nitrogens with one attached hydrogen (secondary N) is 1. The van der Waals surface area contributed by atoms with Crippen LogP contribution in [0.4, 0.5) is 0 Å². The molecule has 42 heavy (non-hydrogen) atoms. The lowest BCUT2D eigenvalue weighted by atomic mass is 10.0. The standard InChI is InChI=1S/C33H39N7O2/c1-22(2)28-9-6-8-26(36-28)21-40-29-10-5-7-25(33(29)24(4)37-40)17-31(41)30-19-35-32-18-27(11-13-39(30)32)42-16-15-38-14-12-34-23(3)20-38/h5-11,13,18-19,22-23,34H,12,14-17,20-21H2,1-4H3/t23-/m0/s1. The van der Waals surface area contributed by atoms with Gasteiger partial charge in [0, 0.05) is 62.0 Å². The van der Waals surface area contributed by atoms with Gasteiger partial charge in [0.1, 0.15) is 23.7 Å². The first-order valence-electron chi connectivity index (χ1n) is 14.9. The Morgan fingerprint density at radius 1 is 1.17 bits per heavy atom. The van der Waals surface area contributed by atoms with E-state index < -0.39 is 0 Å². The summed E-state index contributed by atoms with van der Waals surface area (Å²) in [6, 6.07) is 16.5. The van der Waals surface area contributed by atoms with Crippen molar-refractivity contribution in [2.24, 2.45) is 0 Å². The van der Waals surface area contributed by atoms with Gasteiger partial charge in [-0.1, -0.05) is 32.0 Å². The van der Waals surface area contributed by atoms with Gasteiger partial charge in [0.25, 0.3) is 0 Å². The van der Waals surface area contributed by atoms with Crippen LogP contribution in [0.5, 0.6) is 5.75 Å². The number of piperazine rings is 1. The summed E-state index contributed by atoms with van der Waals surface area (Å²) in [5.41, 5.74) is 6.17. The molecular formula is C33H39N7O2. The summed E-state index contributed by atoms with van der Waals surface area (Å²) in [7, 11) is 0. The number of ether oxygens (including phenoxy) is 1. The van der Waals surface area contributed by atoms with Crippen molar-refractivity contribution in [1.29, 1.82) is 0 Å². The number of aryl methyl sites for hydroxylation is 1. The lowest BCUT2D eigenvalue weighted by Crippen LogP contribution is -2.50. The highest BCUT2D eigenvalue weighted by atomic mass is 16.5. The summed E-state index contributed by atoms with van der Waals surface area (Å²) < 4.78 is 9.86. The molecule has 0 unspecified atom stereocenters. The molecule has 9 heteroatoms. The van der Waals surface area contributed by atoms with Gasteiger partial charge >= 0.3 is 0 Å². The van der Waals surface area contributed by atoms with E-state index in [1.54, 1.807) is 6.20 Å². The molecule has 0 spiro atoms. The zero-order valence-electron chi connectivity index (χ0n) is 24.9. The van der Waals surface area contributed by atoms with Gasteiger partial charge in [-0.2, -0.15) is 5.10 Å². The van der Waals surface area contributed by atoms with Crippen molar-refractivity contribution in [1.82, 2.24) is 34.4 Å². The van der Waals surface area contributed by atoms with Crippen LogP contribution in [0, 0.1) is 6.92 Å². The summed E-state index contributed by atoms with van der Waals surface area (Å²) in [5, 5.41) is 9.32. The Morgan fingerprint density at radius 3 is 2.86 bits per heavy atom. The first-order valence-corrected chi connectivity index (χ1v) is 14.9. The number of nitrogens with zero attached hydrogens (tertiary/aromatic N) is 6. The first kappa shape index (κ1) is 28.1. The molecular weight excluding hydrogens is 526 g/mol. The van der Waals surface area contributed by atoms with Crippen LogP contribution in [0.3, 0.4) is 0 Å². The van der Waals surface area contributed by atoms with E-state index in [2.05, 4.69) is 54.2 Å². The van der Waals surface area contributed by atoms with E-state index in [0.29, 0.717) is 36.5 Å². The number of hydrogen-bond acceptors (Lipinski definition) is 7. The van der Waals surface area contributed by atoms with Crippen LogP contribution in [0.1, 0.15) is 59.8 Å². The number of rotatable bonds is 10. The summed E-state index contributed by atoms with van der Waals surface area (Å²) in [4.78, 5) is 25.3. The van der Waals surface area contributed by atoms with Crippen LogP contribution in [0.25, 0.3) is 16.6 Å². The molecule has 218 valence electrons. The van der Waals surface area contributed by atoms with E-state index in [9.17, 15) is 4.79 Å². The highest BCUT2D eigenvalue weighted by Crippen LogP contribution is 2.25. The maximum Gasteiger partial charge on any atom is 0.185 e. The summed E-state index contributed by atoms with van der Waals surface area (Å²) in [6.07, 6.45) is 3.80. The number of imidazole rings is 1. The fourth-order valence-electron chi connectivity index (χ4n) is 5.86. The minimum atomic E-state index is 0.00921. The smallest absolute Gasteiger partial charge is 0.185 e. The lowest BCUT2D eigenvalue weighted by molar-refractivity contribution is 0.0987. The molecule has 6 rings (SSSR count). The largest absolute Gasteiger partial charge is 0.492 e. The predicted molar refractivity (Wildman–Crippen MR) is 165 cm³/mol. The van der Waals surface area contributed by atoms with E-state index >= 15 is 0 Å². The van der Waals surface area contributed by atoms with Gasteiger partial charge in [-0.3, -0.25) is 23.8 Å². The van der Waals surface area contributed by atoms with E-state index in [0.717, 1.165) is 65.5 Å². The molecule has 0 saturated carbocycles. The molecule has 1 aliphatic heterocycles. The molecule has 1 fully saturated rings. The first-order chi connectivity index (χ1) is 20.4. The molecule has 1 aromatic carbocycles. The highest BCUT2D eigenvalue weighted by Gasteiger charge is 2.19. The highest BCUT2D eigenvalue weighted by molar-refractivity contribution is 5.99. The van der Waals surface area contributed by atoms with Gasteiger partial charge in [0.05, 0.1) is 29.6 Å². The normalized spacial score (nSPS) is 16.1. The summed E-state index contributed by atoms with van der Waals surface area (Å²) in [5.74, 6) is 1.13. The number of Topliss-reactive ketones (excluding diaryl/α,β-unsaturated/α-hetero) is 1. The molecule has 4 aromatic heterocycles. The average molecular weight is 566 g/mol. The van der Waals surface area contributed by atoms with Gasteiger partial charge in [-0.15, -0.1) is 0 Å². The number of fused-ring (bicyclic) bond motifs is 2. The second-order valence-electron chi connectivity index (χ2n) is 11.6. The minimum Gasteiger partial charge on any atom is -0.492 e. The molecule has 5 heterocycles. The molecule has 0 aliphatic carbocycles. The molecule has 1 N–H and O–H groups in total. The van der Waals surface area contributed by atoms with Crippen molar-refractivity contribution >= 4 is 22.3 Å². The average Bonchev–Trinajstić information content (AvgIpc) is 3.54. The molecule has 0 amide bonds. The number of carbonyl (C=O) groups excluding carboxylic acids is 1. The maximum absolute atomic E-state index is 13.6. The van der Waals surface area contributed by atoms with Crippen molar-refractivity contribution in [3.05, 3.63) is 89.3 Å². The fourth-order valence-corrected chi connectivity index (χ4v) is 5.86. The van der Waals surface area contributed by atoms with Crippen molar-refractivity contribution in [2.45, 2.75) is 52.6 Å². The number of hydrogen-bond donors (Lipinski definition) is 1. The number of pyridine rings is 2. The van der Waals surface area contributed by atoms with Gasteiger partial charge in [0.2, 0.25) is 0 Å². The second-order valence-corrected chi connectivity index (χ2v) is 11.6. The van der Waals surface area contributed by atoms with Crippen molar-refractivity contribution in [2.75, 3.05) is 32.8 Å². The van der Waals surface area contributed by atoms with Crippen LogP contribution in [0.15, 0.2) is 60.9 Å². The molecule has 0 radical (unpaired) electrons. The quantitative estimate of drug-likeness (QED) is 0.247. The van der Waals surface area contributed by atoms with Crippen molar-refractivity contribution in [3.63, 3.8) is 0 Å². The number of benzene rings is 1. The van der Waals surface area contributed by atoms with E-state index in [1.807, 2.05) is 52.5 Å². The van der Waals surface area contributed by atoms with Crippen LogP contribution in [0.2, 0.25) is 0 Å². The Bertz CT molecular complexity index is 1720. The predicted octanol–water partition coefficient (Wildman–Crippen LogP) is 4.66. The van der Waals surface area contributed by atoms with E-state index in [-0.39, 0.29) is 12.2 Å². The van der Waals surface area contributed by atoms with Crippen LogP contribution < -0.4 is 10.1 Å². The molecule has 0 bridgehead atoms. The van der Waals surface area contributed by atoms with Gasteiger partial charge in [0.15, 0.2) is 5.78 Å². The second kappa shape index (κ2) is 12.0. The lowest BCUT2D eigenvalue weighted by Gasteiger charge is -2.31. The zero-order chi connectivity index (χ0) is 29.2. The van der Waals surface area contributed by atoms with Crippen molar-refractivity contribution in [3.8, 4) is 5.75 Å². The monoisotopic (exact) mass is 565 g/mol. The Morgan fingerprint density at radius 2 is 2.02 bits per heavy atom. The Hall–Kier alpha value is -4.08. The topological polar surface area (TPSA) is 89.6 Å². The van der Waals surface area contributed by atoms with Gasteiger partial charge < -0.3 is 10.1 Å². The molecule has 9 nitrogen and oxygen atoms in total. The number of ketones is 1. The third kappa shape index (κ3) is 5.93. The summed E-state index contributed by atoms with van der Waals surface area (Å²) in [6.45, 7) is 13.7. The number of carbonyl (C=O) groups is 1. The van der Waals surface area contributed by atoms with Gasteiger partial charge in [-0.25, -0.2) is 4.98 Å². The zero-order valence-corrected chi connectivity index (χ0v) is 24.9. The number of aromatic nitrogens is 5. The van der Waals surface area contributed by atoms with Gasteiger partial charge in [-0.05, 0) is 49.6 Å². The fraction of sp³-hybridized carbons (Fsp3) is 0.394. The SMILES string of the molecule is Cc1nn(Cc2cccc(C(C)C)n2)c2cccc(CC(=O)c3cnc4cc(OCCN5CCN[C@@H](C)C5)ccn34)c12.